The fourth-order valence-corrected chi connectivity index (χ4v) is 5.48. The summed E-state index contributed by atoms with van der Waals surface area (Å²) in [5.41, 5.74) is -0.117. The standard InChI is InChI=1S/C29H28F2N4O7/c1-15(36)32-11-19-13-35(29(40)42-19)17-4-5-26(23(31)8-17)41-18-6-7-33(12-18)25-10-24-20(9-22(25)30)27(37)21(28(38)39)14-34(24)16-2-3-16/h4-5,8-10,14,16,18-19H,2-3,6-7,11-13H2,1H3,(H,32,36)(H,38,39)/t18-,19-/m0/s1. The van der Waals surface area contributed by atoms with Crippen molar-refractivity contribution in [1.82, 2.24) is 9.88 Å². The third-order valence-corrected chi connectivity index (χ3v) is 7.73. The number of ether oxygens (including phenoxy) is 2. The van der Waals surface area contributed by atoms with E-state index in [2.05, 4.69) is 5.32 Å². The van der Waals surface area contributed by atoms with Gasteiger partial charge in [-0.2, -0.15) is 0 Å². The quantitative estimate of drug-likeness (QED) is 0.413. The average molecular weight is 583 g/mol. The van der Waals surface area contributed by atoms with Crippen molar-refractivity contribution in [1.29, 1.82) is 0 Å². The second-order valence-electron chi connectivity index (χ2n) is 10.8. The SMILES string of the molecule is CC(=O)NC[C@H]1CN(c2ccc(O[C@H]3CCN(c4cc5c(cc4F)c(=O)c(C(=O)O)cn5C4CC4)C3)c(F)c2)C(=O)O1. The summed E-state index contributed by atoms with van der Waals surface area (Å²) < 4.78 is 43.2. The summed E-state index contributed by atoms with van der Waals surface area (Å²) in [5.74, 6) is -2.96. The second kappa shape index (κ2) is 10.6. The van der Waals surface area contributed by atoms with Gasteiger partial charge < -0.3 is 29.4 Å². The van der Waals surface area contributed by atoms with Gasteiger partial charge in [-0.05, 0) is 37.1 Å². The van der Waals surface area contributed by atoms with Gasteiger partial charge in [0.25, 0.3) is 0 Å². The Bertz CT molecular complexity index is 1670. The molecule has 0 radical (unpaired) electrons. The minimum Gasteiger partial charge on any atom is -0.485 e. The van der Waals surface area contributed by atoms with Crippen LogP contribution in [0.4, 0.5) is 25.0 Å². The first-order valence-corrected chi connectivity index (χ1v) is 13.6. The Hall–Kier alpha value is -4.68. The molecule has 0 unspecified atom stereocenters. The number of halogens is 2. The van der Waals surface area contributed by atoms with Crippen LogP contribution >= 0.6 is 0 Å². The van der Waals surface area contributed by atoms with Gasteiger partial charge in [0.15, 0.2) is 11.6 Å². The zero-order chi connectivity index (χ0) is 29.7. The summed E-state index contributed by atoms with van der Waals surface area (Å²) in [7, 11) is 0. The molecule has 2 aromatic carbocycles. The van der Waals surface area contributed by atoms with Crippen molar-refractivity contribution in [3.63, 3.8) is 0 Å². The molecule has 220 valence electrons. The zero-order valence-corrected chi connectivity index (χ0v) is 22.6. The topological polar surface area (TPSA) is 130 Å². The molecule has 2 aliphatic heterocycles. The predicted octanol–water partition coefficient (Wildman–Crippen LogP) is 3.43. The molecule has 11 nitrogen and oxygen atoms in total. The maximum absolute atomic E-state index is 15.3. The molecule has 13 heteroatoms. The first-order valence-electron chi connectivity index (χ1n) is 13.6. The molecule has 42 heavy (non-hydrogen) atoms. The molecule has 0 bridgehead atoms. The number of carboxylic acid groups (broad SMARTS) is 1. The van der Waals surface area contributed by atoms with Crippen molar-refractivity contribution in [2.75, 3.05) is 36.0 Å². The number of anilines is 2. The molecule has 2 amide bonds. The predicted molar refractivity (Wildman–Crippen MR) is 147 cm³/mol. The van der Waals surface area contributed by atoms with Gasteiger partial charge >= 0.3 is 12.1 Å². The number of amides is 2. The number of aromatic carboxylic acids is 1. The molecule has 6 rings (SSSR count). The normalized spacial score (nSPS) is 20.2. The summed E-state index contributed by atoms with van der Waals surface area (Å²) >= 11 is 0. The van der Waals surface area contributed by atoms with E-state index in [0.29, 0.717) is 18.5 Å². The maximum atomic E-state index is 15.3. The fraction of sp³-hybridized carbons (Fsp3) is 0.379. The van der Waals surface area contributed by atoms with Crippen LogP contribution in [0.2, 0.25) is 0 Å². The Morgan fingerprint density at radius 2 is 1.88 bits per heavy atom. The van der Waals surface area contributed by atoms with Crippen LogP contribution in [0.3, 0.4) is 0 Å². The number of nitrogens with one attached hydrogen (secondary N) is 1. The molecular weight excluding hydrogens is 554 g/mol. The Labute approximate surface area is 238 Å². The first kappa shape index (κ1) is 27.5. The van der Waals surface area contributed by atoms with Crippen molar-refractivity contribution in [2.45, 2.75) is 44.4 Å². The smallest absolute Gasteiger partial charge is 0.414 e. The molecule has 2 atom stereocenters. The fourth-order valence-electron chi connectivity index (χ4n) is 5.48. The molecule has 2 saturated heterocycles. The molecule has 3 aromatic rings. The second-order valence-corrected chi connectivity index (χ2v) is 10.8. The van der Waals surface area contributed by atoms with Crippen molar-refractivity contribution < 1.29 is 37.7 Å². The lowest BCUT2D eigenvalue weighted by Gasteiger charge is -2.22. The number of carboxylic acids is 1. The van der Waals surface area contributed by atoms with Gasteiger partial charge in [0.1, 0.15) is 23.6 Å². The molecule has 1 aromatic heterocycles. The molecule has 2 N–H and O–H groups in total. The summed E-state index contributed by atoms with van der Waals surface area (Å²) in [6.07, 6.45) is 1.83. The van der Waals surface area contributed by atoms with E-state index in [4.69, 9.17) is 9.47 Å². The summed E-state index contributed by atoms with van der Waals surface area (Å²) in [6.45, 7) is 2.34. The minimum absolute atomic E-state index is 0.0144. The van der Waals surface area contributed by atoms with Gasteiger partial charge in [0.2, 0.25) is 11.3 Å². The van der Waals surface area contributed by atoms with Gasteiger partial charge in [0, 0.05) is 43.6 Å². The van der Waals surface area contributed by atoms with Crippen LogP contribution in [0.25, 0.3) is 10.9 Å². The zero-order valence-electron chi connectivity index (χ0n) is 22.6. The molecule has 3 aliphatic rings. The van der Waals surface area contributed by atoms with E-state index in [1.807, 2.05) is 0 Å². The highest BCUT2D eigenvalue weighted by Gasteiger charge is 2.34. The average Bonchev–Trinajstić information content (AvgIpc) is 3.56. The van der Waals surface area contributed by atoms with Crippen molar-refractivity contribution in [3.05, 3.63) is 63.9 Å². The monoisotopic (exact) mass is 582 g/mol. The van der Waals surface area contributed by atoms with Gasteiger partial charge in [0.05, 0.1) is 36.5 Å². The number of hydrogen-bond donors (Lipinski definition) is 2. The van der Waals surface area contributed by atoms with Gasteiger partial charge in [-0.3, -0.25) is 14.5 Å². The number of nitrogens with zero attached hydrogens (tertiary/aromatic N) is 3. The van der Waals surface area contributed by atoms with Crippen molar-refractivity contribution in [3.8, 4) is 5.75 Å². The molecule has 1 saturated carbocycles. The Kier molecular flexibility index (Phi) is 6.95. The summed E-state index contributed by atoms with van der Waals surface area (Å²) in [5, 5.41) is 12.1. The van der Waals surface area contributed by atoms with Gasteiger partial charge in [-0.1, -0.05) is 0 Å². The Balaban J connectivity index is 1.17. The molecule has 1 aliphatic carbocycles. The van der Waals surface area contributed by atoms with Crippen LogP contribution in [0.1, 0.15) is 42.6 Å². The van der Waals surface area contributed by atoms with Crippen molar-refractivity contribution in [2.24, 2.45) is 0 Å². The maximum Gasteiger partial charge on any atom is 0.414 e. The van der Waals surface area contributed by atoms with E-state index in [1.165, 1.54) is 30.2 Å². The highest BCUT2D eigenvalue weighted by Crippen LogP contribution is 2.38. The van der Waals surface area contributed by atoms with Crippen LogP contribution in [0.15, 0.2) is 41.3 Å². The lowest BCUT2D eigenvalue weighted by Crippen LogP contribution is -2.33. The number of hydrogen-bond acceptors (Lipinski definition) is 7. The number of carbonyl (C=O) groups is 3. The van der Waals surface area contributed by atoms with Crippen LogP contribution in [0.5, 0.6) is 5.75 Å². The van der Waals surface area contributed by atoms with E-state index in [0.717, 1.165) is 18.9 Å². The Morgan fingerprint density at radius 3 is 2.57 bits per heavy atom. The lowest BCUT2D eigenvalue weighted by atomic mass is 10.1. The van der Waals surface area contributed by atoms with E-state index < -0.39 is 46.9 Å². The third-order valence-electron chi connectivity index (χ3n) is 7.73. The van der Waals surface area contributed by atoms with E-state index in [9.17, 15) is 24.3 Å². The molecule has 3 heterocycles. The van der Waals surface area contributed by atoms with E-state index >= 15 is 8.78 Å². The van der Waals surface area contributed by atoms with E-state index in [1.54, 1.807) is 21.6 Å². The number of aromatic nitrogens is 1. The number of fused-ring (bicyclic) bond motifs is 1. The van der Waals surface area contributed by atoms with Crippen LogP contribution < -0.4 is 25.3 Å². The third kappa shape index (κ3) is 5.21. The number of benzene rings is 2. The number of carbonyl (C=O) groups excluding carboxylic acids is 2. The Morgan fingerprint density at radius 1 is 1.10 bits per heavy atom. The summed E-state index contributed by atoms with van der Waals surface area (Å²) in [6, 6.07) is 6.86. The van der Waals surface area contributed by atoms with E-state index in [-0.39, 0.29) is 54.1 Å². The number of rotatable bonds is 8. The summed E-state index contributed by atoms with van der Waals surface area (Å²) in [4.78, 5) is 50.8. The highest BCUT2D eigenvalue weighted by atomic mass is 19.1. The molecule has 0 spiro atoms. The van der Waals surface area contributed by atoms with Crippen LogP contribution in [0, 0.1) is 11.6 Å². The van der Waals surface area contributed by atoms with Crippen molar-refractivity contribution >= 4 is 40.2 Å². The molecular formula is C29H28F2N4O7. The number of cyclic esters (lactones) is 1. The number of pyridine rings is 1. The van der Waals surface area contributed by atoms with Crippen LogP contribution in [-0.4, -0.2) is 66.0 Å². The first-order chi connectivity index (χ1) is 20.1. The highest BCUT2D eigenvalue weighted by molar-refractivity contribution is 5.94. The van der Waals surface area contributed by atoms with Gasteiger partial charge in [-0.15, -0.1) is 0 Å². The van der Waals surface area contributed by atoms with Crippen LogP contribution in [-0.2, 0) is 9.53 Å². The van der Waals surface area contributed by atoms with Gasteiger partial charge in [-0.25, -0.2) is 18.4 Å². The molecule has 3 fully saturated rings. The largest absolute Gasteiger partial charge is 0.485 e. The lowest BCUT2D eigenvalue weighted by molar-refractivity contribution is -0.119. The minimum atomic E-state index is -1.35.